The van der Waals surface area contributed by atoms with Crippen molar-refractivity contribution in [3.05, 3.63) is 147 Å². The van der Waals surface area contributed by atoms with E-state index in [9.17, 15) is 23.3 Å². The number of rotatable bonds is 12. The van der Waals surface area contributed by atoms with Gasteiger partial charge in [-0.3, -0.25) is 24.8 Å². The summed E-state index contributed by atoms with van der Waals surface area (Å²) in [6, 6.07) is 24.6. The monoisotopic (exact) mass is 901 g/mol. The van der Waals surface area contributed by atoms with Crippen LogP contribution in [0.15, 0.2) is 114 Å². The lowest BCUT2D eigenvalue weighted by Crippen LogP contribution is -2.47. The molecule has 64 heavy (non-hydrogen) atoms. The van der Waals surface area contributed by atoms with E-state index >= 15 is 0 Å². The molecule has 1 amide bonds. The number of carbonyl (C=O) groups is 1. The summed E-state index contributed by atoms with van der Waals surface area (Å²) in [5.41, 5.74) is 6.43. The molecule has 0 radical (unpaired) electrons. The fourth-order valence-electron chi connectivity index (χ4n) is 9.08. The average molecular weight is 902 g/mol. The van der Waals surface area contributed by atoms with E-state index in [2.05, 4.69) is 55.5 Å². The molecular formula is C48H48ClN7O7S. The number of pyridine rings is 2. The molecule has 0 bridgehead atoms. The van der Waals surface area contributed by atoms with Crippen molar-refractivity contribution < 1.29 is 27.6 Å². The summed E-state index contributed by atoms with van der Waals surface area (Å²) in [6.07, 6.45) is 8.97. The van der Waals surface area contributed by atoms with Crippen LogP contribution < -0.4 is 19.1 Å². The van der Waals surface area contributed by atoms with Crippen molar-refractivity contribution in [1.29, 1.82) is 0 Å². The number of anilines is 1. The molecule has 3 aliphatic rings. The minimum Gasteiger partial charge on any atom is -0.493 e. The fourth-order valence-corrected chi connectivity index (χ4v) is 10.2. The molecule has 1 atom stereocenters. The molecule has 6 aromatic rings. The maximum absolute atomic E-state index is 14.1. The quantitative estimate of drug-likeness (QED) is 0.0887. The number of nitro benzene ring substituents is 1. The molecule has 2 aliphatic heterocycles. The number of sulfonamides is 1. The lowest BCUT2D eigenvalue weighted by molar-refractivity contribution is -0.386. The molecule has 2 N–H and O–H groups in total. The lowest BCUT2D eigenvalue weighted by Gasteiger charge is -2.39. The van der Waals surface area contributed by atoms with E-state index in [1.165, 1.54) is 35.0 Å². The molecule has 9 rings (SSSR count). The number of carbonyl (C=O) groups excluding carboxylic acids is 1. The number of amides is 1. The van der Waals surface area contributed by atoms with E-state index in [0.29, 0.717) is 42.9 Å². The number of fused-ring (bicyclic) bond motifs is 2. The maximum Gasteiger partial charge on any atom is 0.277 e. The van der Waals surface area contributed by atoms with Gasteiger partial charge in [-0.1, -0.05) is 49.2 Å². The van der Waals surface area contributed by atoms with Gasteiger partial charge in [-0.2, -0.15) is 0 Å². The second-order valence-corrected chi connectivity index (χ2v) is 19.7. The molecule has 1 saturated heterocycles. The maximum atomic E-state index is 14.1. The van der Waals surface area contributed by atoms with E-state index in [-0.39, 0.29) is 35.0 Å². The van der Waals surface area contributed by atoms with Crippen LogP contribution in [-0.2, 0) is 22.9 Å². The zero-order valence-corrected chi connectivity index (χ0v) is 37.1. The molecule has 0 saturated carbocycles. The van der Waals surface area contributed by atoms with E-state index < -0.39 is 31.4 Å². The van der Waals surface area contributed by atoms with Crippen LogP contribution in [0.2, 0.25) is 5.02 Å². The third-order valence-electron chi connectivity index (χ3n) is 12.4. The highest BCUT2D eigenvalue weighted by atomic mass is 35.5. The molecule has 330 valence electrons. The number of benzene rings is 3. The van der Waals surface area contributed by atoms with Gasteiger partial charge in [-0.05, 0) is 97.2 Å². The Morgan fingerprint density at radius 3 is 2.61 bits per heavy atom. The van der Waals surface area contributed by atoms with Crippen LogP contribution in [0.3, 0.4) is 0 Å². The molecule has 5 heterocycles. The molecule has 3 aromatic heterocycles. The van der Waals surface area contributed by atoms with Crippen molar-refractivity contribution in [2.45, 2.75) is 50.8 Å². The number of H-pyrrole nitrogens is 1. The second-order valence-electron chi connectivity index (χ2n) is 17.6. The first-order valence-corrected chi connectivity index (χ1v) is 23.2. The number of nitro groups is 1. The molecular weight excluding hydrogens is 854 g/mol. The molecule has 16 heteroatoms. The Labute approximate surface area is 376 Å². The first kappa shape index (κ1) is 43.0. The summed E-state index contributed by atoms with van der Waals surface area (Å²) in [6.45, 7) is 8.81. The molecule has 14 nitrogen and oxygen atoms in total. The van der Waals surface area contributed by atoms with Crippen molar-refractivity contribution in [3.63, 3.8) is 0 Å². The minimum atomic E-state index is -4.64. The van der Waals surface area contributed by atoms with Crippen molar-refractivity contribution in [1.82, 2.24) is 24.6 Å². The number of piperazine rings is 1. The lowest BCUT2D eigenvalue weighted by atomic mass is 9.73. The van der Waals surface area contributed by atoms with Crippen LogP contribution in [0.5, 0.6) is 17.2 Å². The van der Waals surface area contributed by atoms with Crippen molar-refractivity contribution in [3.8, 4) is 17.2 Å². The van der Waals surface area contributed by atoms with Gasteiger partial charge in [0.25, 0.3) is 21.6 Å². The number of hydrogen-bond donors (Lipinski definition) is 2. The standard InChI is InChI=1S/C48H48ClN7O7S/c1-48(2)14-12-40(32-6-8-35(49)9-7-32)34(27-48)29-54-17-19-55(20-18-54)37-10-11-41(45(24-37)63-38-23-33-13-16-51-46(33)52-28-38)47(57)53-64(60,61)39-25-43(56(58)59)42-22-31(30-62-44(42)26-39)21-36-5-3-4-15-50-36/h3-11,13,15-16,23-26,28,31H,12,14,17-22,27,29-30H2,1-2H3,(H,51,52)(H,53,57)/t31-/m1/s1. The largest absolute Gasteiger partial charge is 0.493 e. The fraction of sp³-hybridized carbons (Fsp3) is 0.312. The summed E-state index contributed by atoms with van der Waals surface area (Å²) < 4.78 is 42.2. The highest BCUT2D eigenvalue weighted by molar-refractivity contribution is 7.90. The third kappa shape index (κ3) is 9.47. The first-order chi connectivity index (χ1) is 30.8. The highest BCUT2D eigenvalue weighted by Gasteiger charge is 2.33. The number of allylic oxidation sites excluding steroid dienone is 1. The molecule has 1 fully saturated rings. The van der Waals surface area contributed by atoms with E-state index in [0.717, 1.165) is 66.8 Å². The second kappa shape index (κ2) is 17.7. The highest BCUT2D eigenvalue weighted by Crippen LogP contribution is 2.43. The predicted molar refractivity (Wildman–Crippen MR) is 246 cm³/mol. The van der Waals surface area contributed by atoms with Crippen LogP contribution in [0.4, 0.5) is 11.4 Å². The van der Waals surface area contributed by atoms with E-state index in [1.807, 2.05) is 36.4 Å². The van der Waals surface area contributed by atoms with Crippen LogP contribution in [-0.4, -0.2) is 78.4 Å². The topological polar surface area (TPSA) is 173 Å². The number of ether oxygens (including phenoxy) is 2. The Bertz CT molecular complexity index is 2880. The molecule has 1 aliphatic carbocycles. The Kier molecular flexibility index (Phi) is 11.9. The van der Waals surface area contributed by atoms with Gasteiger partial charge in [0.1, 0.15) is 22.9 Å². The van der Waals surface area contributed by atoms with Crippen LogP contribution in [0.1, 0.15) is 60.3 Å². The Morgan fingerprint density at radius 1 is 1.03 bits per heavy atom. The number of hydrogen-bond acceptors (Lipinski definition) is 11. The van der Waals surface area contributed by atoms with E-state index in [4.69, 9.17) is 21.1 Å². The van der Waals surface area contributed by atoms with Gasteiger partial charge in [0.2, 0.25) is 0 Å². The van der Waals surface area contributed by atoms with Crippen LogP contribution in [0, 0.1) is 21.4 Å². The summed E-state index contributed by atoms with van der Waals surface area (Å²) >= 11 is 6.24. The number of nitrogens with one attached hydrogen (secondary N) is 2. The van der Waals surface area contributed by atoms with Gasteiger partial charge in [-0.15, -0.1) is 0 Å². The third-order valence-corrected chi connectivity index (χ3v) is 14.0. The zero-order chi connectivity index (χ0) is 44.6. The number of nitrogens with zero attached hydrogens (tertiary/aromatic N) is 5. The van der Waals surface area contributed by atoms with Crippen molar-refractivity contribution >= 4 is 55.5 Å². The first-order valence-electron chi connectivity index (χ1n) is 21.4. The van der Waals surface area contributed by atoms with Crippen molar-refractivity contribution in [2.24, 2.45) is 11.3 Å². The summed E-state index contributed by atoms with van der Waals surface area (Å²) in [5.74, 6) is -0.539. The molecule has 0 spiro atoms. The van der Waals surface area contributed by atoms with Crippen LogP contribution in [0.25, 0.3) is 16.6 Å². The van der Waals surface area contributed by atoms with Gasteiger partial charge < -0.3 is 19.4 Å². The Morgan fingerprint density at radius 2 is 1.84 bits per heavy atom. The normalized spacial score (nSPS) is 17.7. The van der Waals surface area contributed by atoms with Crippen molar-refractivity contribution in [2.75, 3.05) is 44.2 Å². The summed E-state index contributed by atoms with van der Waals surface area (Å²) in [7, 11) is -4.64. The minimum absolute atomic E-state index is 0.0530. The number of aromatic nitrogens is 3. The Balaban J connectivity index is 0.947. The van der Waals surface area contributed by atoms with Gasteiger partial charge in [0.05, 0.1) is 33.7 Å². The van der Waals surface area contributed by atoms with E-state index in [1.54, 1.807) is 30.6 Å². The van der Waals surface area contributed by atoms with Gasteiger partial charge in [0, 0.05) is 91.0 Å². The predicted octanol–water partition coefficient (Wildman–Crippen LogP) is 9.01. The summed E-state index contributed by atoms with van der Waals surface area (Å²) in [4.78, 5) is 41.8. The zero-order valence-electron chi connectivity index (χ0n) is 35.6. The van der Waals surface area contributed by atoms with Gasteiger partial charge >= 0.3 is 0 Å². The van der Waals surface area contributed by atoms with Gasteiger partial charge in [-0.25, -0.2) is 18.1 Å². The SMILES string of the molecule is CC1(C)CCC(c2ccc(Cl)cc2)=C(CN2CCN(c3ccc(C(=O)NS(=O)(=O)c4cc5c(c([N+](=O)[O-])c4)C[C@@H](Cc4ccccn4)CO5)c(Oc4cnc5[nH]ccc5c4)c3)CC2)C1. The smallest absolute Gasteiger partial charge is 0.277 e. The number of halogens is 1. The number of aromatic amines is 1. The van der Waals surface area contributed by atoms with Gasteiger partial charge in [0.15, 0.2) is 0 Å². The Hall–Kier alpha value is -6.29. The average Bonchev–Trinajstić information content (AvgIpc) is 3.75. The summed E-state index contributed by atoms with van der Waals surface area (Å²) in [5, 5.41) is 13.8. The van der Waals surface area contributed by atoms with Crippen LogP contribution >= 0.6 is 11.6 Å². The molecule has 3 aromatic carbocycles. The molecule has 0 unspecified atom stereocenters.